The van der Waals surface area contributed by atoms with E-state index >= 15 is 0 Å². The molecule has 2 aromatic heterocycles. The number of fused-ring (bicyclic) bond motifs is 1. The van der Waals surface area contributed by atoms with Gasteiger partial charge in [0.1, 0.15) is 6.07 Å². The first-order valence-electron chi connectivity index (χ1n) is 11.4. The normalized spacial score (nSPS) is 19.0. The van der Waals surface area contributed by atoms with Crippen LogP contribution in [0.3, 0.4) is 0 Å². The fourth-order valence-electron chi connectivity index (χ4n) is 4.21. The van der Waals surface area contributed by atoms with E-state index in [1.165, 1.54) is 17.8 Å². The van der Waals surface area contributed by atoms with Crippen molar-refractivity contribution in [1.82, 2.24) is 24.9 Å². The molecule has 3 N–H and O–H groups in total. The maximum Gasteiger partial charge on any atom is 0.407 e. The molecule has 1 aromatic carbocycles. The molecule has 1 saturated carbocycles. The van der Waals surface area contributed by atoms with Crippen molar-refractivity contribution in [3.8, 4) is 12.1 Å². The number of hydrogen-bond donors (Lipinski definition) is 3. The van der Waals surface area contributed by atoms with Crippen molar-refractivity contribution in [3.63, 3.8) is 0 Å². The van der Waals surface area contributed by atoms with Gasteiger partial charge in [0.25, 0.3) is 0 Å². The van der Waals surface area contributed by atoms with Gasteiger partial charge in [0.2, 0.25) is 5.95 Å². The summed E-state index contributed by atoms with van der Waals surface area (Å²) in [6, 6.07) is 7.76. The lowest BCUT2D eigenvalue weighted by atomic mass is 10.1. The van der Waals surface area contributed by atoms with E-state index in [1.54, 1.807) is 12.1 Å². The van der Waals surface area contributed by atoms with E-state index in [2.05, 4.69) is 43.2 Å². The average Bonchev–Trinajstić information content (AvgIpc) is 3.48. The molecule has 12 nitrogen and oxygen atoms in total. The summed E-state index contributed by atoms with van der Waals surface area (Å²) in [5.74, 6) is 0.840. The fraction of sp³-hybridized carbons (Fsp3) is 0.391. The molecule has 36 heavy (non-hydrogen) atoms. The number of ether oxygens (including phenoxy) is 1. The predicted molar refractivity (Wildman–Crippen MR) is 132 cm³/mol. The minimum atomic E-state index is -0.493. The molecular weight excluding hydrogens is 484 g/mol. The van der Waals surface area contributed by atoms with Gasteiger partial charge in [0, 0.05) is 19.1 Å². The zero-order valence-corrected chi connectivity index (χ0v) is 20.4. The summed E-state index contributed by atoms with van der Waals surface area (Å²) in [6.45, 7) is 3.15. The molecule has 2 fully saturated rings. The second kappa shape index (κ2) is 9.40. The lowest BCUT2D eigenvalue weighted by Gasteiger charge is -2.22. The minimum absolute atomic E-state index is 0.134. The Morgan fingerprint density at radius 3 is 2.75 bits per heavy atom. The molecule has 13 heteroatoms. The van der Waals surface area contributed by atoms with Crippen LogP contribution in [-0.2, 0) is 4.74 Å². The Kier molecular flexibility index (Phi) is 6.12. The molecule has 5 rings (SSSR count). The van der Waals surface area contributed by atoms with Crippen LogP contribution in [0.5, 0.6) is 0 Å². The van der Waals surface area contributed by atoms with E-state index in [0.717, 1.165) is 12.8 Å². The molecule has 0 bridgehead atoms. The van der Waals surface area contributed by atoms with Gasteiger partial charge in [-0.15, -0.1) is 5.10 Å². The Hall–Kier alpha value is -4.29. The Morgan fingerprint density at radius 1 is 1.25 bits per heavy atom. The number of alkyl carbamates (subject to hydrolysis) is 1. The number of nitrogens with one attached hydrogen (secondary N) is 3. The number of nitrogens with zero attached hydrogens (tertiary/aromatic N) is 7. The number of aromatic nitrogens is 4. The van der Waals surface area contributed by atoms with Crippen LogP contribution in [0.1, 0.15) is 31.0 Å². The number of anilines is 4. The van der Waals surface area contributed by atoms with Crippen molar-refractivity contribution in [2.75, 3.05) is 35.7 Å². The molecule has 3 aromatic rings. The van der Waals surface area contributed by atoms with E-state index in [9.17, 15) is 15.3 Å². The van der Waals surface area contributed by atoms with Crippen molar-refractivity contribution in [2.45, 2.75) is 31.8 Å². The number of benzene rings is 1. The number of imidazole rings is 1. The maximum absolute atomic E-state index is 11.7. The van der Waals surface area contributed by atoms with Crippen LogP contribution >= 0.6 is 11.6 Å². The highest BCUT2D eigenvalue weighted by Gasteiger charge is 2.33. The quantitative estimate of drug-likeness (QED) is 0.454. The zero-order valence-electron chi connectivity index (χ0n) is 19.6. The third-order valence-corrected chi connectivity index (χ3v) is 6.66. The van der Waals surface area contributed by atoms with Gasteiger partial charge in [-0.25, -0.2) is 9.78 Å². The maximum atomic E-state index is 11.7. The Labute approximate surface area is 211 Å². The number of amides is 1. The van der Waals surface area contributed by atoms with E-state index in [-0.39, 0.29) is 23.6 Å². The Bertz CT molecular complexity index is 1420. The first kappa shape index (κ1) is 23.5. The van der Waals surface area contributed by atoms with Crippen molar-refractivity contribution < 1.29 is 9.53 Å². The van der Waals surface area contributed by atoms with E-state index in [0.29, 0.717) is 52.6 Å². The molecule has 1 amide bonds. The van der Waals surface area contributed by atoms with Crippen LogP contribution in [0.4, 0.5) is 27.9 Å². The summed E-state index contributed by atoms with van der Waals surface area (Å²) >= 11 is 6.82. The van der Waals surface area contributed by atoms with Crippen LogP contribution < -0.4 is 20.9 Å². The zero-order chi connectivity index (χ0) is 25.4. The number of carbonyl (C=O) groups is 1. The largest absolute Gasteiger partial charge is 0.453 e. The Morgan fingerprint density at radius 2 is 2.06 bits per heavy atom. The number of halogens is 1. The summed E-state index contributed by atoms with van der Waals surface area (Å²) in [6.07, 6.45) is 3.02. The third kappa shape index (κ3) is 4.51. The molecule has 2 atom stereocenters. The highest BCUT2D eigenvalue weighted by atomic mass is 35.5. The van der Waals surface area contributed by atoms with Crippen molar-refractivity contribution >= 4 is 46.5 Å². The van der Waals surface area contributed by atoms with E-state index in [1.807, 2.05) is 11.8 Å². The van der Waals surface area contributed by atoms with Gasteiger partial charge in [-0.05, 0) is 30.9 Å². The molecule has 184 valence electrons. The van der Waals surface area contributed by atoms with E-state index < -0.39 is 6.09 Å². The number of nitriles is 2. The van der Waals surface area contributed by atoms with Gasteiger partial charge in [0.05, 0.1) is 47.4 Å². The van der Waals surface area contributed by atoms with Crippen LogP contribution in [-0.4, -0.2) is 58.0 Å². The van der Waals surface area contributed by atoms with Gasteiger partial charge >= 0.3 is 6.09 Å². The topological polar surface area (TPSA) is 156 Å². The molecule has 3 heterocycles. The van der Waals surface area contributed by atoms with Gasteiger partial charge in [0.15, 0.2) is 17.2 Å². The lowest BCUT2D eigenvalue weighted by molar-refractivity contribution is 0.165. The van der Waals surface area contributed by atoms with Crippen molar-refractivity contribution in [3.05, 3.63) is 34.6 Å². The summed E-state index contributed by atoms with van der Waals surface area (Å²) in [4.78, 5) is 22.6. The van der Waals surface area contributed by atoms with Crippen LogP contribution in [0, 0.1) is 28.6 Å². The third-order valence-electron chi connectivity index (χ3n) is 6.27. The number of carbonyl (C=O) groups excluding carboxylic acids is 1. The summed E-state index contributed by atoms with van der Waals surface area (Å²) < 4.78 is 6.16. The number of rotatable bonds is 6. The van der Waals surface area contributed by atoms with Crippen LogP contribution in [0.25, 0.3) is 5.65 Å². The summed E-state index contributed by atoms with van der Waals surface area (Å²) in [7, 11) is 1.33. The van der Waals surface area contributed by atoms with Gasteiger partial charge < -0.3 is 25.6 Å². The molecule has 1 aliphatic heterocycles. The average molecular weight is 507 g/mol. The molecular formula is C23H23ClN10O2. The molecule has 0 radical (unpaired) electrons. The molecule has 1 saturated heterocycles. The van der Waals surface area contributed by atoms with Crippen molar-refractivity contribution in [1.29, 1.82) is 10.5 Å². The number of hydrogen-bond acceptors (Lipinski definition) is 10. The highest BCUT2D eigenvalue weighted by molar-refractivity contribution is 6.36. The fourth-order valence-corrected chi connectivity index (χ4v) is 4.48. The lowest BCUT2D eigenvalue weighted by Crippen LogP contribution is -2.39. The second-order valence-corrected chi connectivity index (χ2v) is 9.29. The molecule has 1 aliphatic carbocycles. The predicted octanol–water partition coefficient (Wildman–Crippen LogP) is 3.02. The minimum Gasteiger partial charge on any atom is -0.453 e. The second-order valence-electron chi connectivity index (χ2n) is 8.91. The summed E-state index contributed by atoms with van der Waals surface area (Å²) in [5, 5.41) is 33.2. The van der Waals surface area contributed by atoms with Gasteiger partial charge in [-0.1, -0.05) is 18.5 Å². The van der Waals surface area contributed by atoms with E-state index in [4.69, 9.17) is 16.3 Å². The first-order chi connectivity index (χ1) is 17.4. The first-order valence-corrected chi connectivity index (χ1v) is 11.8. The molecule has 0 unspecified atom stereocenters. The van der Waals surface area contributed by atoms with Crippen LogP contribution in [0.15, 0.2) is 18.3 Å². The smallest absolute Gasteiger partial charge is 0.407 e. The van der Waals surface area contributed by atoms with Crippen molar-refractivity contribution in [2.24, 2.45) is 5.92 Å². The standard InChI is InChI=1S/C23H23ClN10O2/c1-12-10-33(11-17(12)30-23(35)36-2)18-6-13(7-25)5-16(19(18)24)29-22-31-20(28-14-3-4-14)21-27-9-15(8-26)34(21)32-22/h5-6,9,12,14,17H,3-4,10-11H2,1-2H3,(H,30,35)(H2,28,29,31,32)/t12-,17+/m1/s1. The Balaban J connectivity index is 1.49. The molecule has 0 spiro atoms. The monoisotopic (exact) mass is 506 g/mol. The molecule has 2 aliphatic rings. The van der Waals surface area contributed by atoms with Gasteiger partial charge in [-0.2, -0.15) is 20.0 Å². The number of methoxy groups -OCH3 is 1. The van der Waals surface area contributed by atoms with Gasteiger partial charge in [-0.3, -0.25) is 0 Å². The SMILES string of the molecule is COC(=O)N[C@H]1CN(c2cc(C#N)cc(Nc3nc(NC4CC4)c4ncc(C#N)n4n3)c2Cl)C[C@H]1C. The van der Waals surface area contributed by atoms with Crippen LogP contribution in [0.2, 0.25) is 5.02 Å². The summed E-state index contributed by atoms with van der Waals surface area (Å²) in [5.41, 5.74) is 2.21. The highest BCUT2D eigenvalue weighted by Crippen LogP contribution is 2.38.